The second-order valence-corrected chi connectivity index (χ2v) is 8.05. The number of rotatable bonds is 8. The van der Waals surface area contributed by atoms with Crippen molar-refractivity contribution in [1.29, 1.82) is 0 Å². The van der Waals surface area contributed by atoms with Gasteiger partial charge >= 0.3 is 0 Å². The summed E-state index contributed by atoms with van der Waals surface area (Å²) < 4.78 is 0. The Morgan fingerprint density at radius 1 is 1.24 bits per heavy atom. The van der Waals surface area contributed by atoms with E-state index in [2.05, 4.69) is 44.6 Å². The van der Waals surface area contributed by atoms with Crippen LogP contribution < -0.4 is 15.5 Å². The number of carbonyl (C=O) groups excluding carboxylic acids is 1. The van der Waals surface area contributed by atoms with Crippen LogP contribution in [0, 0.1) is 19.8 Å². The SMILES string of the molecule is CCCNc1cc(N2CCC[C@H](CCC(=O)Nc3cc(C)ccc3C)C2)ncn1. The smallest absolute Gasteiger partial charge is 0.224 e. The fraction of sp³-hybridized carbons (Fsp3) is 0.522. The molecule has 1 aromatic carbocycles. The first-order valence-electron chi connectivity index (χ1n) is 10.7. The maximum Gasteiger partial charge on any atom is 0.224 e. The third kappa shape index (κ3) is 6.17. The molecule has 6 nitrogen and oxygen atoms in total. The van der Waals surface area contributed by atoms with Crippen molar-refractivity contribution in [1.82, 2.24) is 9.97 Å². The molecule has 156 valence electrons. The third-order valence-electron chi connectivity index (χ3n) is 5.50. The molecule has 2 aromatic rings. The summed E-state index contributed by atoms with van der Waals surface area (Å²) >= 11 is 0. The number of nitrogens with one attached hydrogen (secondary N) is 2. The number of benzene rings is 1. The van der Waals surface area contributed by atoms with Crippen molar-refractivity contribution in [3.8, 4) is 0 Å². The molecule has 1 saturated heterocycles. The Morgan fingerprint density at radius 3 is 2.93 bits per heavy atom. The van der Waals surface area contributed by atoms with Gasteiger partial charge in [-0.25, -0.2) is 9.97 Å². The monoisotopic (exact) mass is 395 g/mol. The lowest BCUT2D eigenvalue weighted by Crippen LogP contribution is -2.36. The van der Waals surface area contributed by atoms with Gasteiger partial charge in [0.15, 0.2) is 0 Å². The maximum atomic E-state index is 12.5. The topological polar surface area (TPSA) is 70.2 Å². The van der Waals surface area contributed by atoms with E-state index in [1.165, 1.54) is 6.42 Å². The van der Waals surface area contributed by atoms with Crippen LogP contribution in [0.25, 0.3) is 0 Å². The Morgan fingerprint density at radius 2 is 2.10 bits per heavy atom. The van der Waals surface area contributed by atoms with E-state index in [0.717, 1.165) is 67.3 Å². The number of piperidine rings is 1. The molecule has 1 aromatic heterocycles. The molecular weight excluding hydrogens is 362 g/mol. The van der Waals surface area contributed by atoms with Gasteiger partial charge in [-0.05, 0) is 62.6 Å². The second kappa shape index (κ2) is 10.2. The molecule has 1 aliphatic rings. The first kappa shape index (κ1) is 21.1. The Labute approximate surface area is 174 Å². The molecular formula is C23H33N5O. The van der Waals surface area contributed by atoms with Crippen LogP contribution in [-0.2, 0) is 4.79 Å². The van der Waals surface area contributed by atoms with Gasteiger partial charge in [-0.3, -0.25) is 4.79 Å². The molecule has 0 spiro atoms. The van der Waals surface area contributed by atoms with Crippen LogP contribution in [-0.4, -0.2) is 35.5 Å². The van der Waals surface area contributed by atoms with E-state index in [1.54, 1.807) is 6.33 Å². The van der Waals surface area contributed by atoms with Gasteiger partial charge in [0.05, 0.1) is 0 Å². The standard InChI is InChI=1S/C23H33N5O/c1-4-11-24-21-14-22(26-16-25-21)28-12-5-6-19(15-28)9-10-23(29)27-20-13-17(2)7-8-18(20)3/h7-8,13-14,16,19H,4-6,9-12,15H2,1-3H3,(H,27,29)(H,24,25,26)/t19-/m1/s1. The predicted molar refractivity (Wildman–Crippen MR) is 120 cm³/mol. The van der Waals surface area contributed by atoms with Gasteiger partial charge in [-0.1, -0.05) is 19.1 Å². The molecule has 0 saturated carbocycles. The van der Waals surface area contributed by atoms with Crippen molar-refractivity contribution >= 4 is 23.2 Å². The van der Waals surface area contributed by atoms with Crippen molar-refractivity contribution in [3.63, 3.8) is 0 Å². The van der Waals surface area contributed by atoms with Crippen molar-refractivity contribution in [3.05, 3.63) is 41.7 Å². The zero-order valence-electron chi connectivity index (χ0n) is 17.9. The predicted octanol–water partition coefficient (Wildman–Crippen LogP) is 4.55. The molecule has 0 bridgehead atoms. The molecule has 0 unspecified atom stereocenters. The van der Waals surface area contributed by atoms with Crippen LogP contribution in [0.2, 0.25) is 0 Å². The average molecular weight is 396 g/mol. The Balaban J connectivity index is 1.52. The zero-order chi connectivity index (χ0) is 20.6. The number of amides is 1. The van der Waals surface area contributed by atoms with E-state index < -0.39 is 0 Å². The lowest BCUT2D eigenvalue weighted by atomic mass is 9.93. The van der Waals surface area contributed by atoms with Crippen molar-refractivity contribution in [2.24, 2.45) is 5.92 Å². The molecule has 2 N–H and O–H groups in total. The van der Waals surface area contributed by atoms with Gasteiger partial charge in [0.1, 0.15) is 18.0 Å². The summed E-state index contributed by atoms with van der Waals surface area (Å²) in [5.41, 5.74) is 3.18. The number of anilines is 3. The molecule has 0 aliphatic carbocycles. The first-order valence-corrected chi connectivity index (χ1v) is 10.7. The van der Waals surface area contributed by atoms with Gasteiger partial charge in [0.25, 0.3) is 0 Å². The van der Waals surface area contributed by atoms with E-state index in [-0.39, 0.29) is 5.91 Å². The molecule has 1 atom stereocenters. The fourth-order valence-corrected chi connectivity index (χ4v) is 3.80. The van der Waals surface area contributed by atoms with E-state index in [1.807, 2.05) is 26.0 Å². The largest absolute Gasteiger partial charge is 0.370 e. The molecule has 1 aliphatic heterocycles. The van der Waals surface area contributed by atoms with Gasteiger partial charge in [0.2, 0.25) is 5.91 Å². The second-order valence-electron chi connectivity index (χ2n) is 8.05. The van der Waals surface area contributed by atoms with Crippen LogP contribution in [0.3, 0.4) is 0 Å². The highest BCUT2D eigenvalue weighted by atomic mass is 16.1. The van der Waals surface area contributed by atoms with Crippen LogP contribution in [0.4, 0.5) is 17.3 Å². The third-order valence-corrected chi connectivity index (χ3v) is 5.50. The summed E-state index contributed by atoms with van der Waals surface area (Å²) in [5.74, 6) is 2.47. The summed E-state index contributed by atoms with van der Waals surface area (Å²) in [4.78, 5) is 23.6. The Kier molecular flexibility index (Phi) is 7.44. The molecule has 1 fully saturated rings. The summed E-state index contributed by atoms with van der Waals surface area (Å²) in [5, 5.41) is 6.41. The van der Waals surface area contributed by atoms with Gasteiger partial charge in [0, 0.05) is 37.8 Å². The van der Waals surface area contributed by atoms with Crippen LogP contribution in [0.1, 0.15) is 50.2 Å². The van der Waals surface area contributed by atoms with E-state index in [9.17, 15) is 4.79 Å². The molecule has 29 heavy (non-hydrogen) atoms. The summed E-state index contributed by atoms with van der Waals surface area (Å²) in [7, 11) is 0. The van der Waals surface area contributed by atoms with Crippen molar-refractivity contribution < 1.29 is 4.79 Å². The van der Waals surface area contributed by atoms with Gasteiger partial charge < -0.3 is 15.5 Å². The van der Waals surface area contributed by atoms with Gasteiger partial charge in [-0.15, -0.1) is 0 Å². The number of aryl methyl sites for hydroxylation is 2. The minimum Gasteiger partial charge on any atom is -0.370 e. The van der Waals surface area contributed by atoms with Crippen molar-refractivity contribution in [2.45, 2.75) is 52.9 Å². The quantitative estimate of drug-likeness (QED) is 0.686. The lowest BCUT2D eigenvalue weighted by Gasteiger charge is -2.33. The normalized spacial score (nSPS) is 16.5. The summed E-state index contributed by atoms with van der Waals surface area (Å²) in [6, 6.07) is 8.19. The van der Waals surface area contributed by atoms with Gasteiger partial charge in [-0.2, -0.15) is 0 Å². The summed E-state index contributed by atoms with van der Waals surface area (Å²) in [6.45, 7) is 9.08. The van der Waals surface area contributed by atoms with Crippen LogP contribution in [0.15, 0.2) is 30.6 Å². The molecule has 2 heterocycles. The lowest BCUT2D eigenvalue weighted by molar-refractivity contribution is -0.116. The Bertz CT molecular complexity index is 823. The van der Waals surface area contributed by atoms with E-state index in [0.29, 0.717) is 12.3 Å². The highest BCUT2D eigenvalue weighted by Gasteiger charge is 2.22. The number of hydrogen-bond donors (Lipinski definition) is 2. The minimum absolute atomic E-state index is 0.101. The number of hydrogen-bond acceptors (Lipinski definition) is 5. The molecule has 0 radical (unpaired) electrons. The van der Waals surface area contributed by atoms with Crippen LogP contribution >= 0.6 is 0 Å². The van der Waals surface area contributed by atoms with Crippen molar-refractivity contribution in [2.75, 3.05) is 35.2 Å². The minimum atomic E-state index is 0.101. The highest BCUT2D eigenvalue weighted by molar-refractivity contribution is 5.91. The number of aromatic nitrogens is 2. The summed E-state index contributed by atoms with van der Waals surface area (Å²) in [6.07, 6.45) is 6.45. The first-order chi connectivity index (χ1) is 14.0. The fourth-order valence-electron chi connectivity index (χ4n) is 3.80. The highest BCUT2D eigenvalue weighted by Crippen LogP contribution is 2.26. The maximum absolute atomic E-state index is 12.5. The molecule has 3 rings (SSSR count). The Hall–Kier alpha value is -2.63. The van der Waals surface area contributed by atoms with Crippen LogP contribution in [0.5, 0.6) is 0 Å². The molecule has 6 heteroatoms. The molecule has 1 amide bonds. The average Bonchev–Trinajstić information content (AvgIpc) is 2.74. The van der Waals surface area contributed by atoms with E-state index >= 15 is 0 Å². The number of carbonyl (C=O) groups is 1. The zero-order valence-corrected chi connectivity index (χ0v) is 17.9. The number of nitrogens with zero attached hydrogens (tertiary/aromatic N) is 3. The van der Waals surface area contributed by atoms with E-state index in [4.69, 9.17) is 0 Å².